The molecule has 2 aromatic carbocycles. The molecule has 0 radical (unpaired) electrons. The lowest BCUT2D eigenvalue weighted by molar-refractivity contribution is 0.0794. The first kappa shape index (κ1) is 15.6. The molecule has 0 N–H and O–H groups in total. The molecule has 24 heavy (non-hydrogen) atoms. The Hall–Kier alpha value is -3.26. The van der Waals surface area contributed by atoms with Gasteiger partial charge in [0.25, 0.3) is 5.91 Å². The van der Waals surface area contributed by atoms with Crippen molar-refractivity contribution in [3.63, 3.8) is 0 Å². The van der Waals surface area contributed by atoms with Crippen LogP contribution in [-0.4, -0.2) is 25.0 Å². The number of carbonyl (C=O) groups excluding carboxylic acids is 1. The summed E-state index contributed by atoms with van der Waals surface area (Å²) in [5.41, 5.74) is 2.07. The summed E-state index contributed by atoms with van der Waals surface area (Å²) in [6, 6.07) is 13.9. The van der Waals surface area contributed by atoms with Gasteiger partial charge >= 0.3 is 0 Å². The standard InChI is InChI=1S/C19H16N2O3/c1-23-17-10-14-8-9-21(19(22)13-6-4-3-5-7-13)16(12-20)15(14)11-18(17)24-2/h3-11,16H,1-2H3/t16-/m0/s1. The number of benzene rings is 2. The largest absolute Gasteiger partial charge is 0.493 e. The third kappa shape index (κ3) is 2.59. The van der Waals surface area contributed by atoms with E-state index in [0.717, 1.165) is 5.56 Å². The van der Waals surface area contributed by atoms with Crippen molar-refractivity contribution in [2.45, 2.75) is 6.04 Å². The number of methoxy groups -OCH3 is 2. The predicted molar refractivity (Wildman–Crippen MR) is 89.5 cm³/mol. The van der Waals surface area contributed by atoms with Crippen molar-refractivity contribution >= 4 is 12.0 Å². The zero-order chi connectivity index (χ0) is 17.1. The van der Waals surface area contributed by atoms with E-state index in [2.05, 4.69) is 6.07 Å². The molecule has 0 fully saturated rings. The molecule has 3 rings (SSSR count). The Kier molecular flexibility index (Phi) is 4.21. The number of fused-ring (bicyclic) bond motifs is 1. The minimum atomic E-state index is -0.725. The average Bonchev–Trinajstić information content (AvgIpc) is 2.65. The van der Waals surface area contributed by atoms with Crippen LogP contribution in [0, 0.1) is 11.3 Å². The van der Waals surface area contributed by atoms with E-state index in [4.69, 9.17) is 9.47 Å². The van der Waals surface area contributed by atoms with Crippen LogP contribution in [0.4, 0.5) is 0 Å². The zero-order valence-electron chi connectivity index (χ0n) is 13.4. The Morgan fingerprint density at radius 2 is 1.79 bits per heavy atom. The van der Waals surface area contributed by atoms with Crippen LogP contribution >= 0.6 is 0 Å². The van der Waals surface area contributed by atoms with Gasteiger partial charge in [0.1, 0.15) is 6.04 Å². The normalized spacial score (nSPS) is 15.4. The monoisotopic (exact) mass is 320 g/mol. The van der Waals surface area contributed by atoms with Crippen molar-refractivity contribution < 1.29 is 14.3 Å². The summed E-state index contributed by atoms with van der Waals surface area (Å²) in [4.78, 5) is 14.2. The summed E-state index contributed by atoms with van der Waals surface area (Å²) in [5.74, 6) is 0.887. The minimum absolute atomic E-state index is 0.223. The van der Waals surface area contributed by atoms with E-state index in [9.17, 15) is 10.1 Å². The fourth-order valence-electron chi connectivity index (χ4n) is 2.73. The molecule has 0 saturated carbocycles. The molecule has 5 heteroatoms. The lowest BCUT2D eigenvalue weighted by atomic mass is 9.95. The van der Waals surface area contributed by atoms with Crippen molar-refractivity contribution in [1.29, 1.82) is 5.26 Å². The van der Waals surface area contributed by atoms with Crippen molar-refractivity contribution in [2.24, 2.45) is 0 Å². The van der Waals surface area contributed by atoms with E-state index < -0.39 is 6.04 Å². The van der Waals surface area contributed by atoms with Gasteiger partial charge in [-0.25, -0.2) is 0 Å². The summed E-state index contributed by atoms with van der Waals surface area (Å²) < 4.78 is 10.6. The second-order valence-electron chi connectivity index (χ2n) is 5.26. The van der Waals surface area contributed by atoms with Crippen molar-refractivity contribution in [1.82, 2.24) is 4.90 Å². The van der Waals surface area contributed by atoms with Gasteiger partial charge in [-0.1, -0.05) is 18.2 Å². The number of nitrogens with zero attached hydrogens (tertiary/aromatic N) is 2. The Labute approximate surface area is 140 Å². The van der Waals surface area contributed by atoms with Gasteiger partial charge in [-0.3, -0.25) is 9.69 Å². The molecule has 0 spiro atoms. The number of hydrogen-bond acceptors (Lipinski definition) is 4. The number of amides is 1. The van der Waals surface area contributed by atoms with Crippen molar-refractivity contribution in [2.75, 3.05) is 14.2 Å². The van der Waals surface area contributed by atoms with E-state index in [1.54, 1.807) is 55.8 Å². The maximum Gasteiger partial charge on any atom is 0.259 e. The maximum atomic E-state index is 12.7. The van der Waals surface area contributed by atoms with Gasteiger partial charge in [-0.2, -0.15) is 5.26 Å². The van der Waals surface area contributed by atoms with Gasteiger partial charge in [0.2, 0.25) is 0 Å². The van der Waals surface area contributed by atoms with Crippen LogP contribution in [-0.2, 0) is 0 Å². The Bertz CT molecular complexity index is 838. The maximum absolute atomic E-state index is 12.7. The van der Waals surface area contributed by atoms with Crippen LogP contribution in [0.2, 0.25) is 0 Å². The van der Waals surface area contributed by atoms with E-state index >= 15 is 0 Å². The molecular weight excluding hydrogens is 304 g/mol. The highest BCUT2D eigenvalue weighted by Crippen LogP contribution is 2.38. The number of carbonyl (C=O) groups is 1. The topological polar surface area (TPSA) is 62.6 Å². The van der Waals surface area contributed by atoms with Crippen LogP contribution in [0.3, 0.4) is 0 Å². The van der Waals surface area contributed by atoms with Crippen LogP contribution in [0.15, 0.2) is 48.7 Å². The zero-order valence-corrected chi connectivity index (χ0v) is 13.4. The molecule has 1 amide bonds. The minimum Gasteiger partial charge on any atom is -0.493 e. The van der Waals surface area contributed by atoms with Crippen LogP contribution in [0.25, 0.3) is 6.08 Å². The Morgan fingerprint density at radius 3 is 2.42 bits per heavy atom. The Balaban J connectivity index is 2.04. The summed E-state index contributed by atoms with van der Waals surface area (Å²) in [6.07, 6.45) is 3.43. The van der Waals surface area contributed by atoms with E-state index in [1.807, 2.05) is 6.07 Å². The molecule has 0 aliphatic carbocycles. The number of rotatable bonds is 3. The van der Waals surface area contributed by atoms with E-state index in [0.29, 0.717) is 22.6 Å². The summed E-state index contributed by atoms with van der Waals surface area (Å²) >= 11 is 0. The fourth-order valence-corrected chi connectivity index (χ4v) is 2.73. The third-order valence-electron chi connectivity index (χ3n) is 3.95. The molecule has 1 aliphatic heterocycles. The van der Waals surface area contributed by atoms with Gasteiger partial charge in [0, 0.05) is 17.3 Å². The van der Waals surface area contributed by atoms with Crippen molar-refractivity contribution in [3.8, 4) is 17.6 Å². The molecular formula is C19H16N2O3. The van der Waals surface area contributed by atoms with Gasteiger partial charge in [0.15, 0.2) is 11.5 Å². The first-order chi connectivity index (χ1) is 11.7. The van der Waals surface area contributed by atoms with E-state index in [-0.39, 0.29) is 5.91 Å². The first-order valence-electron chi connectivity index (χ1n) is 7.41. The summed E-state index contributed by atoms with van der Waals surface area (Å²) in [7, 11) is 3.10. The van der Waals surface area contributed by atoms with Gasteiger partial charge in [-0.05, 0) is 35.9 Å². The van der Waals surface area contributed by atoms with Crippen molar-refractivity contribution in [3.05, 3.63) is 65.4 Å². The molecule has 1 heterocycles. The molecule has 1 atom stereocenters. The smallest absolute Gasteiger partial charge is 0.259 e. The molecule has 0 aromatic heterocycles. The molecule has 0 bridgehead atoms. The number of hydrogen-bond donors (Lipinski definition) is 0. The first-order valence-corrected chi connectivity index (χ1v) is 7.41. The predicted octanol–water partition coefficient (Wildman–Crippen LogP) is 3.40. The highest BCUT2D eigenvalue weighted by Gasteiger charge is 2.30. The summed E-state index contributed by atoms with van der Waals surface area (Å²) in [6.45, 7) is 0. The molecule has 5 nitrogen and oxygen atoms in total. The number of nitriles is 1. The second kappa shape index (κ2) is 6.47. The van der Waals surface area contributed by atoms with Gasteiger partial charge < -0.3 is 9.47 Å². The molecule has 1 aliphatic rings. The SMILES string of the molecule is COc1cc2c(cc1OC)[C@H](C#N)N(C(=O)c1ccccc1)C=C2. The Morgan fingerprint density at radius 1 is 1.12 bits per heavy atom. The molecule has 0 unspecified atom stereocenters. The van der Waals surface area contributed by atoms with Crippen LogP contribution in [0.5, 0.6) is 11.5 Å². The van der Waals surface area contributed by atoms with Gasteiger partial charge in [0.05, 0.1) is 20.3 Å². The molecule has 2 aromatic rings. The lowest BCUT2D eigenvalue weighted by Crippen LogP contribution is -2.31. The highest BCUT2D eigenvalue weighted by molar-refractivity contribution is 5.96. The summed E-state index contributed by atoms with van der Waals surface area (Å²) in [5, 5.41) is 9.64. The highest BCUT2D eigenvalue weighted by atomic mass is 16.5. The quantitative estimate of drug-likeness (QED) is 0.869. The average molecular weight is 320 g/mol. The molecule has 120 valence electrons. The van der Waals surface area contributed by atoms with Gasteiger partial charge in [-0.15, -0.1) is 0 Å². The third-order valence-corrected chi connectivity index (χ3v) is 3.95. The van der Waals surface area contributed by atoms with Crippen LogP contribution < -0.4 is 9.47 Å². The fraction of sp³-hybridized carbons (Fsp3) is 0.158. The van der Waals surface area contributed by atoms with Crippen LogP contribution in [0.1, 0.15) is 27.5 Å². The van der Waals surface area contributed by atoms with E-state index in [1.165, 1.54) is 12.0 Å². The number of ether oxygens (including phenoxy) is 2. The molecule has 0 saturated heterocycles. The lowest BCUT2D eigenvalue weighted by Gasteiger charge is -2.29. The second-order valence-corrected chi connectivity index (χ2v) is 5.26.